The van der Waals surface area contributed by atoms with Gasteiger partial charge in [-0.3, -0.25) is 0 Å². The van der Waals surface area contributed by atoms with Gasteiger partial charge in [0.05, 0.1) is 18.2 Å². The molecule has 0 radical (unpaired) electrons. The molecule has 0 amide bonds. The van der Waals surface area contributed by atoms with Gasteiger partial charge in [-0.25, -0.2) is 0 Å². The van der Waals surface area contributed by atoms with E-state index in [9.17, 15) is 8.42 Å². The number of rotatable bonds is 5. The van der Waals surface area contributed by atoms with E-state index in [2.05, 4.69) is 0 Å². The van der Waals surface area contributed by atoms with Crippen LogP contribution in [0.2, 0.25) is 0 Å². The highest BCUT2D eigenvalue weighted by Gasteiger charge is 2.31. The van der Waals surface area contributed by atoms with E-state index in [0.717, 1.165) is 0 Å². The second-order valence-electron chi connectivity index (χ2n) is 4.05. The molecule has 8 heteroatoms. The van der Waals surface area contributed by atoms with Gasteiger partial charge in [0.2, 0.25) is 0 Å². The Kier molecular flexibility index (Phi) is 5.26. The molecule has 0 aromatic carbocycles. The van der Waals surface area contributed by atoms with E-state index in [0.29, 0.717) is 37.7 Å². The summed E-state index contributed by atoms with van der Waals surface area (Å²) in [6.07, 6.45) is 0.384. The quantitative estimate of drug-likeness (QED) is 0.691. The third-order valence-corrected chi connectivity index (χ3v) is 5.05. The molecule has 1 rings (SSSR count). The number of ether oxygens (including phenoxy) is 1. The highest BCUT2D eigenvalue weighted by atomic mass is 32.2. The van der Waals surface area contributed by atoms with Gasteiger partial charge in [0.15, 0.2) is 0 Å². The first-order chi connectivity index (χ1) is 7.85. The summed E-state index contributed by atoms with van der Waals surface area (Å²) >= 11 is 4.79. The molecule has 100 valence electrons. The molecule has 1 aliphatic rings. The predicted molar refractivity (Wildman–Crippen MR) is 69.9 cm³/mol. The minimum absolute atomic E-state index is 0.236. The van der Waals surface area contributed by atoms with Crippen LogP contribution in [0.15, 0.2) is 0 Å². The molecule has 1 atom stereocenters. The monoisotopic (exact) mass is 281 g/mol. The van der Waals surface area contributed by atoms with Crippen LogP contribution in [0, 0.1) is 0 Å². The average Bonchev–Trinajstić information content (AvgIpc) is 2.28. The number of thiocarbonyl (C=S) groups is 1. The maximum Gasteiger partial charge on any atom is 0.282 e. The van der Waals surface area contributed by atoms with Crippen LogP contribution in [0.4, 0.5) is 0 Å². The van der Waals surface area contributed by atoms with Crippen LogP contribution < -0.4 is 5.73 Å². The first-order valence-electron chi connectivity index (χ1n) is 5.45. The van der Waals surface area contributed by atoms with Crippen molar-refractivity contribution in [2.24, 2.45) is 5.73 Å². The molecule has 1 fully saturated rings. The van der Waals surface area contributed by atoms with Gasteiger partial charge >= 0.3 is 0 Å². The van der Waals surface area contributed by atoms with Crippen molar-refractivity contribution in [3.63, 3.8) is 0 Å². The van der Waals surface area contributed by atoms with Crippen molar-refractivity contribution in [1.29, 1.82) is 0 Å². The maximum atomic E-state index is 12.2. The van der Waals surface area contributed by atoms with E-state index in [1.165, 1.54) is 8.61 Å². The second-order valence-corrected chi connectivity index (χ2v) is 6.57. The number of nitrogens with zero attached hydrogens (tertiary/aromatic N) is 2. The Labute approximate surface area is 108 Å². The zero-order valence-electron chi connectivity index (χ0n) is 10.1. The van der Waals surface area contributed by atoms with Crippen LogP contribution in [0.5, 0.6) is 0 Å². The Morgan fingerprint density at radius 1 is 1.53 bits per heavy atom. The minimum atomic E-state index is -3.44. The van der Waals surface area contributed by atoms with E-state index in [1.54, 1.807) is 14.0 Å². The van der Waals surface area contributed by atoms with Crippen LogP contribution >= 0.6 is 12.2 Å². The molecule has 6 nitrogen and oxygen atoms in total. The molecule has 0 aliphatic carbocycles. The Balaban J connectivity index is 2.71. The van der Waals surface area contributed by atoms with E-state index >= 15 is 0 Å². The summed E-state index contributed by atoms with van der Waals surface area (Å²) in [5.41, 5.74) is 5.43. The molecular weight excluding hydrogens is 262 g/mol. The third-order valence-electron chi connectivity index (χ3n) is 2.78. The largest absolute Gasteiger partial charge is 0.393 e. The SMILES string of the molecule is CC(CC(N)=S)N(C)S(=O)(=O)N1CCOCC1. The molecule has 0 spiro atoms. The Morgan fingerprint density at radius 3 is 2.53 bits per heavy atom. The van der Waals surface area contributed by atoms with E-state index in [4.69, 9.17) is 22.7 Å². The molecular formula is C9H19N3O3S2. The summed E-state index contributed by atoms with van der Waals surface area (Å²) in [5, 5.41) is 0. The van der Waals surface area contributed by atoms with Gasteiger partial charge < -0.3 is 10.5 Å². The van der Waals surface area contributed by atoms with Crippen LogP contribution in [0.25, 0.3) is 0 Å². The summed E-state index contributed by atoms with van der Waals surface area (Å²) in [6.45, 7) is 3.46. The third kappa shape index (κ3) is 3.85. The molecule has 0 aromatic heterocycles. The van der Waals surface area contributed by atoms with Gasteiger partial charge in [0.25, 0.3) is 10.2 Å². The van der Waals surface area contributed by atoms with Gasteiger partial charge in [0.1, 0.15) is 0 Å². The van der Waals surface area contributed by atoms with Gasteiger partial charge in [0, 0.05) is 32.6 Å². The van der Waals surface area contributed by atoms with Crippen molar-refractivity contribution in [2.45, 2.75) is 19.4 Å². The lowest BCUT2D eigenvalue weighted by Crippen LogP contribution is -2.50. The van der Waals surface area contributed by atoms with E-state index in [-0.39, 0.29) is 6.04 Å². The van der Waals surface area contributed by atoms with Crippen LogP contribution in [-0.2, 0) is 14.9 Å². The molecule has 1 heterocycles. The van der Waals surface area contributed by atoms with E-state index < -0.39 is 10.2 Å². The molecule has 0 aromatic rings. The lowest BCUT2D eigenvalue weighted by molar-refractivity contribution is 0.0700. The molecule has 1 saturated heterocycles. The zero-order valence-corrected chi connectivity index (χ0v) is 11.8. The standard InChI is InChI=1S/C9H19N3O3S2/c1-8(7-9(10)16)11(2)17(13,14)12-3-5-15-6-4-12/h8H,3-7H2,1-2H3,(H2,10,16). The highest BCUT2D eigenvalue weighted by Crippen LogP contribution is 2.13. The van der Waals surface area contributed by atoms with Crippen molar-refractivity contribution in [3.8, 4) is 0 Å². The smallest absolute Gasteiger partial charge is 0.282 e. The summed E-state index contributed by atoms with van der Waals surface area (Å²) in [4.78, 5) is 0.321. The lowest BCUT2D eigenvalue weighted by atomic mass is 10.2. The van der Waals surface area contributed by atoms with E-state index in [1.807, 2.05) is 0 Å². The number of morpholine rings is 1. The fraction of sp³-hybridized carbons (Fsp3) is 0.889. The van der Waals surface area contributed by atoms with Gasteiger partial charge in [-0.1, -0.05) is 12.2 Å². The average molecular weight is 281 g/mol. The summed E-state index contributed by atoms with van der Waals surface area (Å²) < 4.78 is 32.3. The summed E-state index contributed by atoms with van der Waals surface area (Å²) in [6, 6.07) is -0.236. The first kappa shape index (κ1) is 14.8. The highest BCUT2D eigenvalue weighted by molar-refractivity contribution is 7.86. The molecule has 2 N–H and O–H groups in total. The van der Waals surface area contributed by atoms with Crippen molar-refractivity contribution in [3.05, 3.63) is 0 Å². The Bertz CT molecular complexity index is 366. The lowest BCUT2D eigenvalue weighted by Gasteiger charge is -2.32. The normalized spacial score (nSPS) is 20.4. The van der Waals surface area contributed by atoms with Crippen molar-refractivity contribution in [1.82, 2.24) is 8.61 Å². The first-order valence-corrected chi connectivity index (χ1v) is 7.25. The van der Waals surface area contributed by atoms with Crippen molar-refractivity contribution < 1.29 is 13.2 Å². The Hall–Kier alpha value is -0.280. The minimum Gasteiger partial charge on any atom is -0.393 e. The van der Waals surface area contributed by atoms with Gasteiger partial charge in [-0.05, 0) is 6.92 Å². The molecule has 17 heavy (non-hydrogen) atoms. The predicted octanol–water partition coefficient (Wildman–Crippen LogP) is -0.440. The van der Waals surface area contributed by atoms with Crippen LogP contribution in [-0.4, -0.2) is 61.4 Å². The fourth-order valence-corrected chi connectivity index (χ4v) is 3.35. The van der Waals surface area contributed by atoms with Gasteiger partial charge in [-0.15, -0.1) is 0 Å². The molecule has 0 bridgehead atoms. The molecule has 1 aliphatic heterocycles. The Morgan fingerprint density at radius 2 is 2.06 bits per heavy atom. The zero-order chi connectivity index (χ0) is 13.1. The number of nitrogens with two attached hydrogens (primary N) is 1. The van der Waals surface area contributed by atoms with Crippen LogP contribution in [0.3, 0.4) is 0 Å². The number of hydrogen-bond acceptors (Lipinski definition) is 4. The summed E-state index contributed by atoms with van der Waals surface area (Å²) in [7, 11) is -1.89. The van der Waals surface area contributed by atoms with Crippen LogP contribution in [0.1, 0.15) is 13.3 Å². The maximum absolute atomic E-state index is 12.2. The molecule has 0 saturated carbocycles. The molecule has 1 unspecified atom stereocenters. The summed E-state index contributed by atoms with van der Waals surface area (Å²) in [5.74, 6) is 0. The van der Waals surface area contributed by atoms with Gasteiger partial charge in [-0.2, -0.15) is 17.0 Å². The number of hydrogen-bond donors (Lipinski definition) is 1. The fourth-order valence-electron chi connectivity index (χ4n) is 1.61. The van der Waals surface area contributed by atoms with Crippen molar-refractivity contribution >= 4 is 27.4 Å². The topological polar surface area (TPSA) is 75.9 Å². The second kappa shape index (κ2) is 6.05. The van der Waals surface area contributed by atoms with Crippen molar-refractivity contribution in [2.75, 3.05) is 33.4 Å².